The van der Waals surface area contributed by atoms with E-state index in [-0.39, 0.29) is 0 Å². The number of hydrogen-bond donors (Lipinski definition) is 0. The van der Waals surface area contributed by atoms with Crippen molar-refractivity contribution in [2.45, 2.75) is 13.8 Å². The zero-order valence-electron chi connectivity index (χ0n) is 20.3. The van der Waals surface area contributed by atoms with Crippen molar-refractivity contribution in [3.05, 3.63) is 121 Å². The molecule has 0 saturated heterocycles. The second kappa shape index (κ2) is 8.00. The first-order chi connectivity index (χ1) is 17.7. The van der Waals surface area contributed by atoms with E-state index in [1.165, 1.54) is 43.8 Å². The second-order valence-corrected chi connectivity index (χ2v) is 9.53. The Kier molecular flexibility index (Phi) is 4.62. The molecule has 0 aliphatic carbocycles. The molecule has 0 spiro atoms. The monoisotopic (exact) mass is 460 g/mol. The predicted molar refractivity (Wildman–Crippen MR) is 152 cm³/mol. The second-order valence-electron chi connectivity index (χ2n) is 9.53. The van der Waals surface area contributed by atoms with Crippen LogP contribution in [0.25, 0.3) is 65.6 Å². The van der Waals surface area contributed by atoms with Gasteiger partial charge in [-0.3, -0.25) is 9.97 Å². The number of benzene rings is 5. The molecule has 0 radical (unpaired) electrons. The molecule has 0 fully saturated rings. The maximum Gasteiger partial charge on any atom is 0.0974 e. The molecule has 0 aliphatic rings. The topological polar surface area (TPSA) is 25.8 Å². The Bertz CT molecular complexity index is 1810. The number of aromatic nitrogens is 2. The van der Waals surface area contributed by atoms with Gasteiger partial charge in [-0.1, -0.05) is 97.1 Å². The summed E-state index contributed by atoms with van der Waals surface area (Å²) in [5.74, 6) is 0. The van der Waals surface area contributed by atoms with Crippen LogP contribution in [0.2, 0.25) is 0 Å². The standard InChI is InChI=1S/C34H24N2/c1-21-19-31(27-15-7-11-23-9-3-5-13-25(23)27)29-17-18-30-32(20-22(2)36-34(30)33(29)35-21)28-16-8-12-24-10-4-6-14-26(24)28/h3-20H,1-2H3. The van der Waals surface area contributed by atoms with Crippen LogP contribution < -0.4 is 0 Å². The molecule has 2 heteroatoms. The molecule has 0 saturated carbocycles. The normalized spacial score (nSPS) is 11.6. The lowest BCUT2D eigenvalue weighted by molar-refractivity contribution is 1.23. The third kappa shape index (κ3) is 3.19. The minimum absolute atomic E-state index is 0.959. The van der Waals surface area contributed by atoms with Gasteiger partial charge in [0.05, 0.1) is 11.0 Å². The predicted octanol–water partition coefficient (Wildman–Crippen LogP) is 9.04. The number of rotatable bonds is 2. The van der Waals surface area contributed by atoms with Crippen LogP contribution in [0.4, 0.5) is 0 Å². The van der Waals surface area contributed by atoms with Crippen molar-refractivity contribution in [1.29, 1.82) is 0 Å². The highest BCUT2D eigenvalue weighted by molar-refractivity contribution is 6.15. The van der Waals surface area contributed by atoms with E-state index in [1.54, 1.807) is 0 Å². The van der Waals surface area contributed by atoms with Gasteiger partial charge < -0.3 is 0 Å². The third-order valence-corrected chi connectivity index (χ3v) is 7.17. The number of hydrogen-bond acceptors (Lipinski definition) is 2. The molecule has 0 bridgehead atoms. The summed E-state index contributed by atoms with van der Waals surface area (Å²) in [6, 6.07) is 39.1. The van der Waals surface area contributed by atoms with Crippen LogP contribution in [0.3, 0.4) is 0 Å². The molecule has 0 N–H and O–H groups in total. The molecule has 0 aliphatic heterocycles. The molecular formula is C34H24N2. The zero-order valence-corrected chi connectivity index (χ0v) is 20.3. The minimum Gasteiger partial charge on any atom is -0.251 e. The van der Waals surface area contributed by atoms with Crippen LogP contribution in [-0.2, 0) is 0 Å². The lowest BCUT2D eigenvalue weighted by Gasteiger charge is -2.15. The minimum atomic E-state index is 0.959. The fraction of sp³-hybridized carbons (Fsp3) is 0.0588. The molecule has 0 atom stereocenters. The van der Waals surface area contributed by atoms with E-state index in [0.717, 1.165) is 33.2 Å². The van der Waals surface area contributed by atoms with Crippen molar-refractivity contribution in [3.63, 3.8) is 0 Å². The summed E-state index contributed by atoms with van der Waals surface area (Å²) >= 11 is 0. The van der Waals surface area contributed by atoms with Gasteiger partial charge in [0.25, 0.3) is 0 Å². The first kappa shape index (κ1) is 20.8. The van der Waals surface area contributed by atoms with Crippen molar-refractivity contribution < 1.29 is 0 Å². The van der Waals surface area contributed by atoms with Crippen molar-refractivity contribution in [2.24, 2.45) is 0 Å². The maximum absolute atomic E-state index is 5.05. The highest BCUT2D eigenvalue weighted by atomic mass is 14.8. The number of nitrogens with zero attached hydrogens (tertiary/aromatic N) is 2. The number of fused-ring (bicyclic) bond motifs is 5. The Balaban J connectivity index is 1.58. The van der Waals surface area contributed by atoms with Gasteiger partial charge in [0.15, 0.2) is 0 Å². The van der Waals surface area contributed by atoms with Gasteiger partial charge in [0.1, 0.15) is 0 Å². The average molecular weight is 461 g/mol. The molecule has 2 nitrogen and oxygen atoms in total. The molecule has 36 heavy (non-hydrogen) atoms. The van der Waals surface area contributed by atoms with Gasteiger partial charge in [0.2, 0.25) is 0 Å². The van der Waals surface area contributed by atoms with Gasteiger partial charge in [0, 0.05) is 22.2 Å². The van der Waals surface area contributed by atoms with Crippen LogP contribution in [0.1, 0.15) is 11.4 Å². The van der Waals surface area contributed by atoms with Crippen molar-refractivity contribution >= 4 is 43.4 Å². The van der Waals surface area contributed by atoms with Crippen LogP contribution in [0.15, 0.2) is 109 Å². The smallest absolute Gasteiger partial charge is 0.0974 e. The Morgan fingerprint density at radius 2 is 0.806 bits per heavy atom. The molecular weight excluding hydrogens is 436 g/mol. The van der Waals surface area contributed by atoms with Crippen LogP contribution in [0.5, 0.6) is 0 Å². The van der Waals surface area contributed by atoms with Crippen LogP contribution >= 0.6 is 0 Å². The van der Waals surface area contributed by atoms with E-state index in [0.29, 0.717) is 0 Å². The number of aryl methyl sites for hydroxylation is 2. The lowest BCUT2D eigenvalue weighted by atomic mass is 9.92. The third-order valence-electron chi connectivity index (χ3n) is 7.17. The summed E-state index contributed by atoms with van der Waals surface area (Å²) in [7, 11) is 0. The van der Waals surface area contributed by atoms with Crippen molar-refractivity contribution in [3.8, 4) is 22.3 Å². The highest BCUT2D eigenvalue weighted by Gasteiger charge is 2.16. The van der Waals surface area contributed by atoms with Crippen LogP contribution in [-0.4, -0.2) is 9.97 Å². The summed E-state index contributed by atoms with van der Waals surface area (Å²) < 4.78 is 0. The van der Waals surface area contributed by atoms with E-state index in [1.807, 2.05) is 0 Å². The van der Waals surface area contributed by atoms with Crippen molar-refractivity contribution in [1.82, 2.24) is 9.97 Å². The van der Waals surface area contributed by atoms with Gasteiger partial charge in [-0.2, -0.15) is 0 Å². The Labute approximate surface area is 209 Å². The highest BCUT2D eigenvalue weighted by Crippen LogP contribution is 2.39. The zero-order chi connectivity index (χ0) is 24.2. The first-order valence-electron chi connectivity index (χ1n) is 12.4. The summed E-state index contributed by atoms with van der Waals surface area (Å²) in [5, 5.41) is 7.25. The van der Waals surface area contributed by atoms with Gasteiger partial charge in [-0.05, 0) is 69.8 Å². The summed E-state index contributed by atoms with van der Waals surface area (Å²) in [5.41, 5.74) is 8.76. The molecule has 170 valence electrons. The molecule has 0 amide bonds. The van der Waals surface area contributed by atoms with Crippen molar-refractivity contribution in [2.75, 3.05) is 0 Å². The van der Waals surface area contributed by atoms with Gasteiger partial charge >= 0.3 is 0 Å². The summed E-state index contributed by atoms with van der Waals surface area (Å²) in [6.45, 7) is 4.16. The average Bonchev–Trinajstić information content (AvgIpc) is 2.91. The largest absolute Gasteiger partial charge is 0.251 e. The molecule has 0 unspecified atom stereocenters. The van der Waals surface area contributed by atoms with E-state index in [2.05, 4.69) is 123 Å². The fourth-order valence-electron chi connectivity index (χ4n) is 5.60. The Morgan fingerprint density at radius 1 is 0.389 bits per heavy atom. The SMILES string of the molecule is Cc1cc(-c2cccc3ccccc23)c2ccc3c(-c4cccc5ccccc45)cc(C)nc3c2n1. The van der Waals surface area contributed by atoms with Crippen LogP contribution in [0, 0.1) is 13.8 Å². The molecule has 7 rings (SSSR count). The Hall–Kier alpha value is -4.56. The van der Waals surface area contributed by atoms with Gasteiger partial charge in [-0.15, -0.1) is 0 Å². The molecule has 5 aromatic carbocycles. The molecule has 2 aromatic heterocycles. The summed E-state index contributed by atoms with van der Waals surface area (Å²) in [6.07, 6.45) is 0. The number of pyridine rings is 2. The Morgan fingerprint density at radius 3 is 1.28 bits per heavy atom. The maximum atomic E-state index is 5.05. The molecule has 2 heterocycles. The quantitative estimate of drug-likeness (QED) is 0.241. The van der Waals surface area contributed by atoms with E-state index >= 15 is 0 Å². The fourth-order valence-corrected chi connectivity index (χ4v) is 5.60. The van der Waals surface area contributed by atoms with E-state index < -0.39 is 0 Å². The van der Waals surface area contributed by atoms with Gasteiger partial charge in [-0.25, -0.2) is 0 Å². The van der Waals surface area contributed by atoms with E-state index in [4.69, 9.17) is 9.97 Å². The summed E-state index contributed by atoms with van der Waals surface area (Å²) in [4.78, 5) is 10.1. The van der Waals surface area contributed by atoms with E-state index in [9.17, 15) is 0 Å². The molecule has 7 aromatic rings. The first-order valence-corrected chi connectivity index (χ1v) is 12.4. The lowest BCUT2D eigenvalue weighted by Crippen LogP contribution is -1.95.